The average molecular weight is 363 g/mol. The summed E-state index contributed by atoms with van der Waals surface area (Å²) in [4.78, 5) is 0. The summed E-state index contributed by atoms with van der Waals surface area (Å²) in [5, 5.41) is 23.0. The summed E-state index contributed by atoms with van der Waals surface area (Å²) in [7, 11) is 1.62. The molecule has 1 heterocycles. The van der Waals surface area contributed by atoms with Crippen LogP contribution in [0.1, 0.15) is 22.5 Å². The molecule has 6 heteroatoms. The summed E-state index contributed by atoms with van der Waals surface area (Å²) < 4.78 is 12.8. The molecule has 0 saturated heterocycles. The highest BCUT2D eigenvalue weighted by Crippen LogP contribution is 2.22. The van der Waals surface area contributed by atoms with E-state index in [1.54, 1.807) is 11.8 Å². The van der Waals surface area contributed by atoms with E-state index in [1.165, 1.54) is 0 Å². The van der Waals surface area contributed by atoms with Crippen molar-refractivity contribution in [1.82, 2.24) is 9.78 Å². The predicted molar refractivity (Wildman–Crippen MR) is 101 cm³/mol. The van der Waals surface area contributed by atoms with Gasteiger partial charge in [-0.25, -0.2) is 4.68 Å². The number of aliphatic hydroxyl groups excluding tert-OH is 1. The van der Waals surface area contributed by atoms with Crippen molar-refractivity contribution in [3.63, 3.8) is 0 Å². The van der Waals surface area contributed by atoms with Crippen LogP contribution in [-0.4, -0.2) is 28.6 Å². The second kappa shape index (κ2) is 8.39. The summed E-state index contributed by atoms with van der Waals surface area (Å²) in [6, 6.07) is 17.3. The molecule has 0 aliphatic rings. The summed E-state index contributed by atoms with van der Waals surface area (Å²) in [6.07, 6.45) is 0.613. The van der Waals surface area contributed by atoms with Crippen LogP contribution in [0.5, 0.6) is 11.5 Å². The lowest BCUT2D eigenvalue weighted by Gasteiger charge is -2.11. The molecular weight excluding hydrogens is 342 g/mol. The van der Waals surface area contributed by atoms with Crippen molar-refractivity contribution < 1.29 is 14.6 Å². The molecule has 1 aromatic heterocycles. The van der Waals surface area contributed by atoms with E-state index < -0.39 is 0 Å². The quantitative estimate of drug-likeness (QED) is 0.697. The first-order valence-electron chi connectivity index (χ1n) is 8.62. The van der Waals surface area contributed by atoms with Crippen LogP contribution in [-0.2, 0) is 13.0 Å². The summed E-state index contributed by atoms with van der Waals surface area (Å²) >= 11 is 0. The largest absolute Gasteiger partial charge is 0.497 e. The van der Waals surface area contributed by atoms with Crippen LogP contribution in [0, 0.1) is 18.3 Å². The molecule has 0 bridgehead atoms. The number of aliphatic hydroxyl groups is 1. The van der Waals surface area contributed by atoms with Crippen LogP contribution >= 0.6 is 0 Å². The number of ether oxygens (including phenoxy) is 2. The first-order chi connectivity index (χ1) is 13.2. The normalized spacial score (nSPS) is 10.4. The molecule has 0 radical (unpaired) electrons. The number of hydrogen-bond acceptors (Lipinski definition) is 5. The van der Waals surface area contributed by atoms with Crippen molar-refractivity contribution in [2.75, 3.05) is 13.7 Å². The molecule has 3 rings (SSSR count). The summed E-state index contributed by atoms with van der Waals surface area (Å²) in [5.74, 6) is 1.45. The predicted octanol–water partition coefficient (Wildman–Crippen LogP) is 3.17. The molecular formula is C21H21N3O3. The van der Waals surface area contributed by atoms with Crippen LogP contribution < -0.4 is 9.47 Å². The lowest BCUT2D eigenvalue weighted by Crippen LogP contribution is -2.07. The van der Waals surface area contributed by atoms with Crippen molar-refractivity contribution in [2.45, 2.75) is 20.0 Å². The monoisotopic (exact) mass is 363 g/mol. The van der Waals surface area contributed by atoms with Gasteiger partial charge in [0.25, 0.3) is 0 Å². The molecule has 2 aromatic carbocycles. The van der Waals surface area contributed by atoms with Crippen molar-refractivity contribution >= 4 is 0 Å². The Bertz CT molecular complexity index is 939. The van der Waals surface area contributed by atoms with Gasteiger partial charge in [-0.15, -0.1) is 0 Å². The van der Waals surface area contributed by atoms with Gasteiger partial charge in [-0.1, -0.05) is 12.1 Å². The minimum Gasteiger partial charge on any atom is -0.497 e. The Balaban J connectivity index is 1.86. The topological polar surface area (TPSA) is 80.3 Å². The van der Waals surface area contributed by atoms with E-state index >= 15 is 0 Å². The maximum absolute atomic E-state index is 9.53. The van der Waals surface area contributed by atoms with Gasteiger partial charge in [0.2, 0.25) is 0 Å². The molecule has 0 aliphatic heterocycles. The fraction of sp³-hybridized carbons (Fsp3) is 0.238. The first-order valence-corrected chi connectivity index (χ1v) is 8.62. The molecule has 0 saturated carbocycles. The van der Waals surface area contributed by atoms with Gasteiger partial charge in [0.15, 0.2) is 0 Å². The highest BCUT2D eigenvalue weighted by atomic mass is 16.5. The van der Waals surface area contributed by atoms with E-state index in [-0.39, 0.29) is 13.2 Å². The maximum atomic E-state index is 9.53. The standard InChI is InChI=1S/C21H21N3O3/c1-15-20(13-22)21(14-27-19-7-3-16(4-8-19)11-12-25)24(23-15)17-5-9-18(26-2)10-6-17/h3-10,25H,11-12,14H2,1-2H3. The fourth-order valence-electron chi connectivity index (χ4n) is 2.82. The van der Waals surface area contributed by atoms with Crippen LogP contribution in [0.4, 0.5) is 0 Å². The number of nitrogens with zero attached hydrogens (tertiary/aromatic N) is 3. The van der Waals surface area contributed by atoms with Crippen molar-refractivity contribution in [3.05, 3.63) is 71.0 Å². The van der Waals surface area contributed by atoms with Crippen LogP contribution in [0.25, 0.3) is 5.69 Å². The van der Waals surface area contributed by atoms with Gasteiger partial charge >= 0.3 is 0 Å². The van der Waals surface area contributed by atoms with Gasteiger partial charge in [0.1, 0.15) is 29.7 Å². The Morgan fingerprint density at radius 1 is 1.07 bits per heavy atom. The fourth-order valence-corrected chi connectivity index (χ4v) is 2.82. The van der Waals surface area contributed by atoms with Gasteiger partial charge in [0.05, 0.1) is 24.2 Å². The van der Waals surface area contributed by atoms with E-state index in [9.17, 15) is 5.26 Å². The minimum absolute atomic E-state index is 0.117. The molecule has 0 atom stereocenters. The lowest BCUT2D eigenvalue weighted by atomic mass is 10.1. The number of methoxy groups -OCH3 is 1. The molecule has 6 nitrogen and oxygen atoms in total. The number of rotatable bonds is 7. The Morgan fingerprint density at radius 2 is 1.74 bits per heavy atom. The molecule has 3 aromatic rings. The van der Waals surface area contributed by atoms with E-state index in [0.717, 1.165) is 17.0 Å². The second-order valence-electron chi connectivity index (χ2n) is 6.03. The first kappa shape index (κ1) is 18.5. The molecule has 0 amide bonds. The van der Waals surface area contributed by atoms with E-state index in [0.29, 0.717) is 29.1 Å². The molecule has 0 fully saturated rings. The third-order valence-corrected chi connectivity index (χ3v) is 4.28. The zero-order chi connectivity index (χ0) is 19.2. The maximum Gasteiger partial charge on any atom is 0.132 e. The molecule has 138 valence electrons. The van der Waals surface area contributed by atoms with E-state index in [4.69, 9.17) is 14.6 Å². The number of benzene rings is 2. The number of nitriles is 1. The average Bonchev–Trinajstić information content (AvgIpc) is 3.03. The van der Waals surface area contributed by atoms with Gasteiger partial charge in [0, 0.05) is 6.61 Å². The van der Waals surface area contributed by atoms with Crippen molar-refractivity contribution in [2.24, 2.45) is 0 Å². The number of hydrogen-bond donors (Lipinski definition) is 1. The van der Waals surface area contributed by atoms with Crippen LogP contribution in [0.15, 0.2) is 48.5 Å². The molecule has 0 aliphatic carbocycles. The SMILES string of the molecule is COc1ccc(-n2nc(C)c(C#N)c2COc2ccc(CCO)cc2)cc1. The van der Waals surface area contributed by atoms with Crippen molar-refractivity contribution in [3.8, 4) is 23.3 Å². The molecule has 0 unspecified atom stereocenters. The Hall–Kier alpha value is -3.30. The highest BCUT2D eigenvalue weighted by molar-refractivity contribution is 5.45. The van der Waals surface area contributed by atoms with Gasteiger partial charge in [-0.3, -0.25) is 0 Å². The second-order valence-corrected chi connectivity index (χ2v) is 6.03. The van der Waals surface area contributed by atoms with E-state index in [2.05, 4.69) is 11.2 Å². The third kappa shape index (κ3) is 4.10. The van der Waals surface area contributed by atoms with Gasteiger partial charge in [-0.2, -0.15) is 10.4 Å². The molecule has 1 N–H and O–H groups in total. The lowest BCUT2D eigenvalue weighted by molar-refractivity contribution is 0.295. The zero-order valence-electron chi connectivity index (χ0n) is 15.3. The van der Waals surface area contributed by atoms with Gasteiger partial charge < -0.3 is 14.6 Å². The minimum atomic E-state index is 0.117. The Labute approximate surface area is 158 Å². The number of aryl methyl sites for hydroxylation is 1. The molecule has 27 heavy (non-hydrogen) atoms. The van der Waals surface area contributed by atoms with Crippen LogP contribution in [0.3, 0.4) is 0 Å². The van der Waals surface area contributed by atoms with Gasteiger partial charge in [-0.05, 0) is 55.3 Å². The smallest absolute Gasteiger partial charge is 0.132 e. The molecule has 0 spiro atoms. The summed E-state index contributed by atoms with van der Waals surface area (Å²) in [5.41, 5.74) is 3.74. The Morgan fingerprint density at radius 3 is 2.33 bits per heavy atom. The zero-order valence-corrected chi connectivity index (χ0v) is 15.3. The Kier molecular flexibility index (Phi) is 5.74. The summed E-state index contributed by atoms with van der Waals surface area (Å²) in [6.45, 7) is 2.15. The highest BCUT2D eigenvalue weighted by Gasteiger charge is 2.17. The third-order valence-electron chi connectivity index (χ3n) is 4.28. The van der Waals surface area contributed by atoms with Crippen molar-refractivity contribution in [1.29, 1.82) is 5.26 Å². The van der Waals surface area contributed by atoms with Crippen LogP contribution in [0.2, 0.25) is 0 Å². The number of aromatic nitrogens is 2. The van der Waals surface area contributed by atoms with E-state index in [1.807, 2.05) is 55.5 Å².